The molecule has 1 fully saturated rings. The van der Waals surface area contributed by atoms with Gasteiger partial charge in [-0.15, -0.1) is 0 Å². The lowest BCUT2D eigenvalue weighted by atomic mass is 9.82. The second kappa shape index (κ2) is 9.31. The molecule has 1 aromatic rings. The number of methoxy groups -OCH3 is 1. The molecule has 0 spiro atoms. The van der Waals surface area contributed by atoms with E-state index < -0.39 is 17.4 Å². The first-order chi connectivity index (χ1) is 12.8. The molecule has 148 valence electrons. The van der Waals surface area contributed by atoms with Crippen molar-refractivity contribution in [1.82, 2.24) is 0 Å². The minimum Gasteiger partial charge on any atom is -0.469 e. The molecule has 5 nitrogen and oxygen atoms in total. The first kappa shape index (κ1) is 21.4. The first-order valence-corrected chi connectivity index (χ1v) is 9.28. The summed E-state index contributed by atoms with van der Waals surface area (Å²) in [5, 5.41) is 10.5. The van der Waals surface area contributed by atoms with E-state index in [4.69, 9.17) is 9.78 Å². The molecule has 0 radical (unpaired) electrons. The highest BCUT2D eigenvalue weighted by Crippen LogP contribution is 2.41. The van der Waals surface area contributed by atoms with Crippen LogP contribution < -0.4 is 0 Å². The van der Waals surface area contributed by atoms with Crippen LogP contribution in [0, 0.1) is 5.92 Å². The summed E-state index contributed by atoms with van der Waals surface area (Å²) in [6, 6.07) is 10.3. The third-order valence-corrected chi connectivity index (χ3v) is 4.89. The standard InChI is InChI=1S/C22H30O5/c1-17(10-8-9-13-19-11-6-5-7-12-19)14-21(3)15-18(2)22(24,27-26-21)16-20(23)25-4/h5-12,18,24H,13-16H2,1-4H3/b9-8+,17-10+/t18-,21+,22+/m1/s1. The van der Waals surface area contributed by atoms with E-state index in [1.807, 2.05) is 45.0 Å². The Hall–Kier alpha value is -1.95. The number of esters is 1. The average Bonchev–Trinajstić information content (AvgIpc) is 2.63. The van der Waals surface area contributed by atoms with Gasteiger partial charge >= 0.3 is 5.97 Å². The minimum atomic E-state index is -1.65. The van der Waals surface area contributed by atoms with Crippen molar-refractivity contribution >= 4 is 5.97 Å². The van der Waals surface area contributed by atoms with Gasteiger partial charge in [-0.2, -0.15) is 4.89 Å². The van der Waals surface area contributed by atoms with E-state index in [2.05, 4.69) is 29.0 Å². The Labute approximate surface area is 161 Å². The van der Waals surface area contributed by atoms with E-state index in [1.54, 1.807) is 0 Å². The molecule has 1 aliphatic rings. The summed E-state index contributed by atoms with van der Waals surface area (Å²) in [7, 11) is 1.28. The Bertz CT molecular complexity index is 681. The van der Waals surface area contributed by atoms with Gasteiger partial charge in [-0.1, -0.05) is 61.1 Å². The number of benzene rings is 1. The van der Waals surface area contributed by atoms with Gasteiger partial charge < -0.3 is 9.84 Å². The Kier molecular flexibility index (Phi) is 7.36. The van der Waals surface area contributed by atoms with Crippen LogP contribution in [0.4, 0.5) is 0 Å². The summed E-state index contributed by atoms with van der Waals surface area (Å²) >= 11 is 0. The topological polar surface area (TPSA) is 65.0 Å². The van der Waals surface area contributed by atoms with Crippen LogP contribution in [0.25, 0.3) is 0 Å². The van der Waals surface area contributed by atoms with Gasteiger partial charge in [0.1, 0.15) is 12.0 Å². The second-order valence-electron chi connectivity index (χ2n) is 7.63. The SMILES string of the molecule is COC(=O)C[C@]1(O)OO[C@@](C)(C/C(C)=C/C=C/Cc2ccccc2)C[C@H]1C. The van der Waals surface area contributed by atoms with Crippen molar-refractivity contribution in [3.63, 3.8) is 0 Å². The van der Waals surface area contributed by atoms with Crippen LogP contribution in [0.1, 0.15) is 45.6 Å². The normalized spacial score (nSPS) is 29.1. The largest absolute Gasteiger partial charge is 0.469 e. The zero-order chi connectivity index (χ0) is 19.9. The summed E-state index contributed by atoms with van der Waals surface area (Å²) in [4.78, 5) is 22.3. The van der Waals surface area contributed by atoms with Crippen molar-refractivity contribution in [1.29, 1.82) is 0 Å². The van der Waals surface area contributed by atoms with Gasteiger partial charge in [-0.25, -0.2) is 4.89 Å². The van der Waals surface area contributed by atoms with E-state index in [0.29, 0.717) is 12.8 Å². The molecule has 3 atom stereocenters. The number of carbonyl (C=O) groups is 1. The molecule has 0 aromatic heterocycles. The van der Waals surface area contributed by atoms with Crippen molar-refractivity contribution < 1.29 is 24.4 Å². The van der Waals surface area contributed by atoms with Gasteiger partial charge in [0, 0.05) is 12.3 Å². The third-order valence-electron chi connectivity index (χ3n) is 4.89. The highest BCUT2D eigenvalue weighted by Gasteiger charge is 2.49. The van der Waals surface area contributed by atoms with Crippen LogP contribution in [-0.2, 0) is 25.7 Å². The number of ether oxygens (including phenoxy) is 1. The minimum absolute atomic E-state index is 0.252. The predicted octanol–water partition coefficient (Wildman–Crippen LogP) is 4.12. The predicted molar refractivity (Wildman–Crippen MR) is 104 cm³/mol. The second-order valence-corrected chi connectivity index (χ2v) is 7.63. The van der Waals surface area contributed by atoms with Gasteiger partial charge in [0.2, 0.25) is 5.79 Å². The molecule has 1 aliphatic heterocycles. The summed E-state index contributed by atoms with van der Waals surface area (Å²) in [5.74, 6) is -2.45. The molecule has 27 heavy (non-hydrogen) atoms. The Morgan fingerprint density at radius 1 is 1.30 bits per heavy atom. The first-order valence-electron chi connectivity index (χ1n) is 9.28. The highest BCUT2D eigenvalue weighted by molar-refractivity contribution is 5.70. The molecule has 1 N–H and O–H groups in total. The number of rotatable bonds is 7. The van der Waals surface area contributed by atoms with E-state index in [1.165, 1.54) is 12.7 Å². The van der Waals surface area contributed by atoms with Crippen LogP contribution in [0.15, 0.2) is 54.1 Å². The van der Waals surface area contributed by atoms with E-state index in [-0.39, 0.29) is 12.3 Å². The Morgan fingerprint density at radius 2 is 2.00 bits per heavy atom. The van der Waals surface area contributed by atoms with E-state index in [9.17, 15) is 9.90 Å². The van der Waals surface area contributed by atoms with Crippen LogP contribution in [-0.4, -0.2) is 29.6 Å². The molecule has 5 heteroatoms. The number of hydrogen-bond donors (Lipinski definition) is 1. The molecular formula is C22H30O5. The van der Waals surface area contributed by atoms with Crippen molar-refractivity contribution in [2.24, 2.45) is 5.92 Å². The van der Waals surface area contributed by atoms with Crippen molar-refractivity contribution in [3.05, 3.63) is 59.7 Å². The summed E-state index contributed by atoms with van der Waals surface area (Å²) in [6.45, 7) is 5.84. The Morgan fingerprint density at radius 3 is 2.63 bits per heavy atom. The third kappa shape index (κ3) is 6.31. The molecular weight excluding hydrogens is 344 g/mol. The van der Waals surface area contributed by atoms with Gasteiger partial charge in [-0.05, 0) is 32.3 Å². The highest BCUT2D eigenvalue weighted by atomic mass is 17.2. The lowest BCUT2D eigenvalue weighted by Crippen LogP contribution is -2.52. The number of allylic oxidation sites excluding steroid dienone is 3. The summed E-state index contributed by atoms with van der Waals surface area (Å²) in [5.41, 5.74) is 1.86. The summed E-state index contributed by atoms with van der Waals surface area (Å²) in [6.07, 6.45) is 8.11. The molecule has 0 saturated carbocycles. The average molecular weight is 374 g/mol. The molecule has 1 aromatic carbocycles. The maximum atomic E-state index is 11.5. The molecule has 0 unspecified atom stereocenters. The fraction of sp³-hybridized carbons (Fsp3) is 0.500. The van der Waals surface area contributed by atoms with E-state index >= 15 is 0 Å². The monoisotopic (exact) mass is 374 g/mol. The molecule has 0 aliphatic carbocycles. The van der Waals surface area contributed by atoms with Crippen molar-refractivity contribution in [3.8, 4) is 0 Å². The van der Waals surface area contributed by atoms with E-state index in [0.717, 1.165) is 12.0 Å². The number of hydrogen-bond acceptors (Lipinski definition) is 5. The zero-order valence-electron chi connectivity index (χ0n) is 16.6. The van der Waals surface area contributed by atoms with Crippen LogP contribution in [0.3, 0.4) is 0 Å². The van der Waals surface area contributed by atoms with Crippen molar-refractivity contribution in [2.45, 2.75) is 57.8 Å². The number of aliphatic hydroxyl groups is 1. The molecule has 0 amide bonds. The maximum absolute atomic E-state index is 11.5. The van der Waals surface area contributed by atoms with Crippen LogP contribution >= 0.6 is 0 Å². The Balaban J connectivity index is 1.89. The number of carbonyl (C=O) groups excluding carboxylic acids is 1. The maximum Gasteiger partial charge on any atom is 0.311 e. The molecule has 2 rings (SSSR count). The smallest absolute Gasteiger partial charge is 0.311 e. The van der Waals surface area contributed by atoms with Gasteiger partial charge in [0.05, 0.1) is 7.11 Å². The molecule has 1 heterocycles. The fourth-order valence-electron chi connectivity index (χ4n) is 3.38. The van der Waals surface area contributed by atoms with Crippen LogP contribution in [0.5, 0.6) is 0 Å². The van der Waals surface area contributed by atoms with Gasteiger partial charge in [0.15, 0.2) is 0 Å². The van der Waals surface area contributed by atoms with Crippen molar-refractivity contribution in [2.75, 3.05) is 7.11 Å². The quantitative estimate of drug-likeness (QED) is 0.442. The zero-order valence-corrected chi connectivity index (χ0v) is 16.6. The summed E-state index contributed by atoms with van der Waals surface area (Å²) < 4.78 is 4.62. The van der Waals surface area contributed by atoms with Crippen LogP contribution in [0.2, 0.25) is 0 Å². The lowest BCUT2D eigenvalue weighted by molar-refractivity contribution is -0.495. The van der Waals surface area contributed by atoms with Gasteiger partial charge in [-0.3, -0.25) is 4.79 Å². The molecule has 0 bridgehead atoms. The lowest BCUT2D eigenvalue weighted by Gasteiger charge is -2.44. The van der Waals surface area contributed by atoms with Gasteiger partial charge in [0.25, 0.3) is 0 Å². The molecule has 1 saturated heterocycles. The fourth-order valence-corrected chi connectivity index (χ4v) is 3.38.